The van der Waals surface area contributed by atoms with E-state index < -0.39 is 17.2 Å². The summed E-state index contributed by atoms with van der Waals surface area (Å²) in [6.45, 7) is 4.17. The normalized spacial score (nSPS) is 11.6. The van der Waals surface area contributed by atoms with E-state index in [0.29, 0.717) is 25.1 Å². The molecule has 1 aromatic carbocycles. The highest BCUT2D eigenvalue weighted by atomic mass is 35.5. The third-order valence-electron chi connectivity index (χ3n) is 2.85. The summed E-state index contributed by atoms with van der Waals surface area (Å²) < 4.78 is 13.5. The number of carbonyl (C=O) groups is 1. The van der Waals surface area contributed by atoms with Gasteiger partial charge in [0.1, 0.15) is 5.82 Å². The van der Waals surface area contributed by atoms with Crippen molar-refractivity contribution in [1.82, 2.24) is 5.32 Å². The average molecular weight is 274 g/mol. The van der Waals surface area contributed by atoms with Gasteiger partial charge in [0.15, 0.2) is 0 Å². The lowest BCUT2D eigenvalue weighted by Gasteiger charge is -2.19. The van der Waals surface area contributed by atoms with Crippen LogP contribution in [0.25, 0.3) is 0 Å². The van der Waals surface area contributed by atoms with E-state index in [9.17, 15) is 9.18 Å². The van der Waals surface area contributed by atoms with Gasteiger partial charge in [0, 0.05) is 12.1 Å². The van der Waals surface area contributed by atoms with Crippen LogP contribution in [0.4, 0.5) is 4.39 Å². The molecule has 100 valence electrons. The Labute approximate surface area is 111 Å². The molecule has 0 radical (unpaired) electrons. The van der Waals surface area contributed by atoms with Crippen LogP contribution in [0.3, 0.4) is 0 Å². The predicted octanol–water partition coefficient (Wildman–Crippen LogP) is 3.07. The molecule has 0 spiro atoms. The fourth-order valence-electron chi connectivity index (χ4n) is 1.42. The van der Waals surface area contributed by atoms with E-state index in [1.165, 1.54) is 6.07 Å². The highest BCUT2D eigenvalue weighted by Gasteiger charge is 2.26. The summed E-state index contributed by atoms with van der Waals surface area (Å²) in [6, 6.07) is 4.83. The Bertz CT molecular complexity index is 435. The molecule has 5 heteroatoms. The number of rotatable bonds is 6. The zero-order valence-corrected chi connectivity index (χ0v) is 11.2. The standard InChI is InChI=1S/C13H17ClFNO2/c1-13(2,12(17)18)6-7-16-8-9-4-3-5-10(14)11(9)15/h3-5,16H,6-8H2,1-2H3,(H,17,18). The number of nitrogens with one attached hydrogen (secondary N) is 1. The predicted molar refractivity (Wildman–Crippen MR) is 69.2 cm³/mol. The van der Waals surface area contributed by atoms with Gasteiger partial charge in [-0.25, -0.2) is 4.39 Å². The van der Waals surface area contributed by atoms with Crippen molar-refractivity contribution in [3.63, 3.8) is 0 Å². The smallest absolute Gasteiger partial charge is 0.309 e. The van der Waals surface area contributed by atoms with Crippen LogP contribution in [0, 0.1) is 11.2 Å². The van der Waals surface area contributed by atoms with Gasteiger partial charge in [-0.3, -0.25) is 4.79 Å². The number of halogens is 2. The molecule has 18 heavy (non-hydrogen) atoms. The minimum Gasteiger partial charge on any atom is -0.481 e. The van der Waals surface area contributed by atoms with Crippen LogP contribution in [0.2, 0.25) is 5.02 Å². The summed E-state index contributed by atoms with van der Waals surface area (Å²) in [5, 5.41) is 12.0. The quantitative estimate of drug-likeness (QED) is 0.783. The maximum absolute atomic E-state index is 13.5. The first-order valence-corrected chi connectivity index (χ1v) is 6.09. The summed E-state index contributed by atoms with van der Waals surface area (Å²) in [5.74, 6) is -1.26. The molecule has 0 fully saturated rings. The monoisotopic (exact) mass is 273 g/mol. The fourth-order valence-corrected chi connectivity index (χ4v) is 1.61. The van der Waals surface area contributed by atoms with Crippen molar-refractivity contribution >= 4 is 17.6 Å². The molecule has 0 bridgehead atoms. The van der Waals surface area contributed by atoms with E-state index in [1.54, 1.807) is 26.0 Å². The Morgan fingerprint density at radius 3 is 2.78 bits per heavy atom. The highest BCUT2D eigenvalue weighted by molar-refractivity contribution is 6.30. The van der Waals surface area contributed by atoms with Crippen molar-refractivity contribution in [3.05, 3.63) is 34.6 Å². The molecule has 0 aromatic heterocycles. The fraction of sp³-hybridized carbons (Fsp3) is 0.462. The first-order chi connectivity index (χ1) is 8.34. The Hall–Kier alpha value is -1.13. The Morgan fingerprint density at radius 1 is 1.50 bits per heavy atom. The van der Waals surface area contributed by atoms with Crippen LogP contribution in [-0.2, 0) is 11.3 Å². The van der Waals surface area contributed by atoms with Gasteiger partial charge in [0.2, 0.25) is 0 Å². The van der Waals surface area contributed by atoms with Crippen molar-refractivity contribution < 1.29 is 14.3 Å². The Balaban J connectivity index is 2.43. The van der Waals surface area contributed by atoms with Crippen LogP contribution in [-0.4, -0.2) is 17.6 Å². The first-order valence-electron chi connectivity index (χ1n) is 5.71. The summed E-state index contributed by atoms with van der Waals surface area (Å²) in [5.41, 5.74) is -0.296. The lowest BCUT2D eigenvalue weighted by Crippen LogP contribution is -2.29. The number of aliphatic carboxylic acids is 1. The van der Waals surface area contributed by atoms with Crippen molar-refractivity contribution in [3.8, 4) is 0 Å². The van der Waals surface area contributed by atoms with Gasteiger partial charge >= 0.3 is 5.97 Å². The minimum atomic E-state index is -0.835. The molecule has 0 aliphatic carbocycles. The van der Waals surface area contributed by atoms with E-state index in [2.05, 4.69) is 5.32 Å². The molecule has 0 aliphatic heterocycles. The number of benzene rings is 1. The summed E-state index contributed by atoms with van der Waals surface area (Å²) in [4.78, 5) is 10.9. The maximum atomic E-state index is 13.5. The lowest BCUT2D eigenvalue weighted by atomic mass is 9.90. The van der Waals surface area contributed by atoms with Crippen molar-refractivity contribution in [2.45, 2.75) is 26.8 Å². The van der Waals surface area contributed by atoms with Gasteiger partial charge in [-0.2, -0.15) is 0 Å². The van der Waals surface area contributed by atoms with Crippen LogP contribution >= 0.6 is 11.6 Å². The van der Waals surface area contributed by atoms with Gasteiger partial charge < -0.3 is 10.4 Å². The van der Waals surface area contributed by atoms with E-state index in [-0.39, 0.29) is 5.02 Å². The third kappa shape index (κ3) is 3.96. The second-order valence-electron chi connectivity index (χ2n) is 4.83. The Kier molecular flexibility index (Phi) is 5.11. The zero-order valence-electron chi connectivity index (χ0n) is 10.5. The number of hydrogen-bond donors (Lipinski definition) is 2. The molecule has 0 atom stereocenters. The van der Waals surface area contributed by atoms with Gasteiger partial charge in [0.25, 0.3) is 0 Å². The second-order valence-corrected chi connectivity index (χ2v) is 5.24. The topological polar surface area (TPSA) is 49.3 Å². The van der Waals surface area contributed by atoms with Crippen LogP contribution in [0.15, 0.2) is 18.2 Å². The van der Waals surface area contributed by atoms with E-state index in [1.807, 2.05) is 0 Å². The van der Waals surface area contributed by atoms with Crippen molar-refractivity contribution in [2.24, 2.45) is 5.41 Å². The van der Waals surface area contributed by atoms with Crippen LogP contribution < -0.4 is 5.32 Å². The van der Waals surface area contributed by atoms with Gasteiger partial charge in [0.05, 0.1) is 10.4 Å². The third-order valence-corrected chi connectivity index (χ3v) is 3.14. The van der Waals surface area contributed by atoms with E-state index in [0.717, 1.165) is 0 Å². The Morgan fingerprint density at radius 2 is 2.17 bits per heavy atom. The zero-order chi connectivity index (χ0) is 13.8. The molecule has 1 rings (SSSR count). The van der Waals surface area contributed by atoms with Gasteiger partial charge in [-0.05, 0) is 32.9 Å². The molecule has 0 saturated heterocycles. The van der Waals surface area contributed by atoms with Crippen LogP contribution in [0.5, 0.6) is 0 Å². The van der Waals surface area contributed by atoms with Crippen molar-refractivity contribution in [2.75, 3.05) is 6.54 Å². The largest absolute Gasteiger partial charge is 0.481 e. The molecular formula is C13H17ClFNO2. The summed E-state index contributed by atoms with van der Waals surface area (Å²) in [6.07, 6.45) is 0.477. The van der Waals surface area contributed by atoms with Gasteiger partial charge in [-0.1, -0.05) is 23.7 Å². The molecular weight excluding hydrogens is 257 g/mol. The van der Waals surface area contributed by atoms with E-state index >= 15 is 0 Å². The summed E-state index contributed by atoms with van der Waals surface area (Å²) >= 11 is 5.66. The van der Waals surface area contributed by atoms with Gasteiger partial charge in [-0.15, -0.1) is 0 Å². The molecule has 0 unspecified atom stereocenters. The molecule has 0 aliphatic rings. The molecule has 0 amide bonds. The lowest BCUT2D eigenvalue weighted by molar-refractivity contribution is -0.147. The molecule has 0 saturated carbocycles. The molecule has 1 aromatic rings. The molecule has 2 N–H and O–H groups in total. The van der Waals surface area contributed by atoms with Crippen LogP contribution in [0.1, 0.15) is 25.8 Å². The SMILES string of the molecule is CC(C)(CCNCc1cccc(Cl)c1F)C(=O)O. The minimum absolute atomic E-state index is 0.0974. The first kappa shape index (κ1) is 14.9. The number of carboxylic acid groups (broad SMARTS) is 1. The highest BCUT2D eigenvalue weighted by Crippen LogP contribution is 2.20. The average Bonchev–Trinajstić information content (AvgIpc) is 2.29. The molecule has 0 heterocycles. The number of carboxylic acids is 1. The maximum Gasteiger partial charge on any atom is 0.309 e. The molecule has 3 nitrogen and oxygen atoms in total. The summed E-state index contributed by atoms with van der Waals surface area (Å²) in [7, 11) is 0. The number of hydrogen-bond acceptors (Lipinski definition) is 2. The van der Waals surface area contributed by atoms with E-state index in [4.69, 9.17) is 16.7 Å². The second kappa shape index (κ2) is 6.16. The van der Waals surface area contributed by atoms with Crippen molar-refractivity contribution in [1.29, 1.82) is 0 Å².